The highest BCUT2D eigenvalue weighted by Crippen LogP contribution is 2.23. The first-order valence-electron chi connectivity index (χ1n) is 4.57. The van der Waals surface area contributed by atoms with Crippen LogP contribution in [-0.4, -0.2) is 9.78 Å². The second-order valence-electron chi connectivity index (χ2n) is 3.38. The van der Waals surface area contributed by atoms with E-state index in [1.165, 1.54) is 5.56 Å². The number of hydrogen-bond donors (Lipinski definition) is 0. The van der Waals surface area contributed by atoms with E-state index in [0.717, 1.165) is 21.1 Å². The largest absolute Gasteiger partial charge is 0.240 e. The smallest absolute Gasteiger partial charge is 0.0787 e. The SMILES string of the molecule is Cc1cnn(-c2ccc(CBr)cc2Br)c1. The molecule has 0 amide bonds. The zero-order valence-corrected chi connectivity index (χ0v) is 11.4. The van der Waals surface area contributed by atoms with Crippen LogP contribution in [0.5, 0.6) is 0 Å². The van der Waals surface area contributed by atoms with E-state index in [9.17, 15) is 0 Å². The van der Waals surface area contributed by atoms with Crippen LogP contribution in [-0.2, 0) is 5.33 Å². The van der Waals surface area contributed by atoms with Crippen molar-refractivity contribution in [3.63, 3.8) is 0 Å². The Morgan fingerprint density at radius 1 is 1.40 bits per heavy atom. The van der Waals surface area contributed by atoms with Crippen LogP contribution in [0.3, 0.4) is 0 Å². The van der Waals surface area contributed by atoms with Crippen LogP contribution in [0.1, 0.15) is 11.1 Å². The fourth-order valence-corrected chi connectivity index (χ4v) is 2.32. The van der Waals surface area contributed by atoms with Crippen LogP contribution in [0.4, 0.5) is 0 Å². The summed E-state index contributed by atoms with van der Waals surface area (Å²) >= 11 is 6.99. The molecule has 0 unspecified atom stereocenters. The van der Waals surface area contributed by atoms with Gasteiger partial charge in [-0.2, -0.15) is 5.10 Å². The van der Waals surface area contributed by atoms with E-state index in [2.05, 4.69) is 55.2 Å². The summed E-state index contributed by atoms with van der Waals surface area (Å²) in [7, 11) is 0. The lowest BCUT2D eigenvalue weighted by molar-refractivity contribution is 0.875. The highest BCUT2D eigenvalue weighted by Gasteiger charge is 2.04. The van der Waals surface area contributed by atoms with E-state index in [1.54, 1.807) is 0 Å². The first-order chi connectivity index (χ1) is 7.20. The van der Waals surface area contributed by atoms with Gasteiger partial charge in [0.1, 0.15) is 0 Å². The van der Waals surface area contributed by atoms with Crippen LogP contribution in [0.2, 0.25) is 0 Å². The van der Waals surface area contributed by atoms with Gasteiger partial charge in [-0.1, -0.05) is 22.0 Å². The summed E-state index contributed by atoms with van der Waals surface area (Å²) in [6.45, 7) is 2.03. The average molecular weight is 330 g/mol. The van der Waals surface area contributed by atoms with Gasteiger partial charge >= 0.3 is 0 Å². The van der Waals surface area contributed by atoms with E-state index in [-0.39, 0.29) is 0 Å². The molecule has 0 aliphatic rings. The maximum Gasteiger partial charge on any atom is 0.0787 e. The lowest BCUT2D eigenvalue weighted by Crippen LogP contribution is -1.95. The zero-order chi connectivity index (χ0) is 10.8. The first-order valence-corrected chi connectivity index (χ1v) is 6.48. The minimum absolute atomic E-state index is 0.865. The van der Waals surface area contributed by atoms with Gasteiger partial charge < -0.3 is 0 Å². The Morgan fingerprint density at radius 3 is 2.73 bits per heavy atom. The minimum Gasteiger partial charge on any atom is -0.240 e. The first kappa shape index (κ1) is 10.9. The normalized spacial score (nSPS) is 10.6. The standard InChI is InChI=1S/C11H10Br2N2/c1-8-6-14-15(7-8)11-3-2-9(5-12)4-10(11)13/h2-4,6-7H,5H2,1H3. The zero-order valence-electron chi connectivity index (χ0n) is 8.24. The molecule has 0 fully saturated rings. The van der Waals surface area contributed by atoms with Gasteiger partial charge in [0, 0.05) is 16.0 Å². The Hall–Kier alpha value is -0.610. The van der Waals surface area contributed by atoms with Crippen LogP contribution in [0.15, 0.2) is 35.1 Å². The Balaban J connectivity index is 2.45. The van der Waals surface area contributed by atoms with Crippen LogP contribution < -0.4 is 0 Å². The molecule has 0 aliphatic heterocycles. The lowest BCUT2D eigenvalue weighted by Gasteiger charge is -2.05. The molecule has 0 radical (unpaired) electrons. The van der Waals surface area contributed by atoms with Gasteiger partial charge in [-0.05, 0) is 46.1 Å². The highest BCUT2D eigenvalue weighted by atomic mass is 79.9. The number of halogens is 2. The number of aryl methyl sites for hydroxylation is 1. The monoisotopic (exact) mass is 328 g/mol. The van der Waals surface area contributed by atoms with Crippen LogP contribution >= 0.6 is 31.9 Å². The predicted molar refractivity (Wildman–Crippen MR) is 68.6 cm³/mol. The van der Waals surface area contributed by atoms with Crippen molar-refractivity contribution < 1.29 is 0 Å². The van der Waals surface area contributed by atoms with Crippen molar-refractivity contribution >= 4 is 31.9 Å². The third-order valence-electron chi connectivity index (χ3n) is 2.12. The van der Waals surface area contributed by atoms with E-state index in [0.29, 0.717) is 0 Å². The molecule has 4 heteroatoms. The second kappa shape index (κ2) is 4.49. The van der Waals surface area contributed by atoms with E-state index in [1.807, 2.05) is 24.0 Å². The topological polar surface area (TPSA) is 17.8 Å². The Bertz CT molecular complexity index is 477. The fraction of sp³-hybridized carbons (Fsp3) is 0.182. The molecule has 1 heterocycles. The van der Waals surface area contributed by atoms with Gasteiger partial charge in [0.25, 0.3) is 0 Å². The molecule has 78 valence electrons. The third-order valence-corrected chi connectivity index (χ3v) is 3.41. The molecule has 0 saturated carbocycles. The van der Waals surface area contributed by atoms with Crippen molar-refractivity contribution in [2.45, 2.75) is 12.3 Å². The Morgan fingerprint density at radius 2 is 2.20 bits per heavy atom. The second-order valence-corrected chi connectivity index (χ2v) is 4.80. The number of benzene rings is 1. The van der Waals surface area contributed by atoms with Gasteiger partial charge in [0.05, 0.1) is 11.9 Å². The van der Waals surface area contributed by atoms with Gasteiger partial charge in [0.2, 0.25) is 0 Å². The third kappa shape index (κ3) is 2.32. The molecule has 0 N–H and O–H groups in total. The molecule has 15 heavy (non-hydrogen) atoms. The number of hydrogen-bond acceptors (Lipinski definition) is 1. The quantitative estimate of drug-likeness (QED) is 0.765. The summed E-state index contributed by atoms with van der Waals surface area (Å²) < 4.78 is 2.93. The van der Waals surface area contributed by atoms with Crippen molar-refractivity contribution in [3.8, 4) is 5.69 Å². The van der Waals surface area contributed by atoms with Gasteiger partial charge in [-0.3, -0.25) is 0 Å². The van der Waals surface area contributed by atoms with Crippen molar-refractivity contribution in [3.05, 3.63) is 46.2 Å². The predicted octanol–water partition coefficient (Wildman–Crippen LogP) is 3.84. The molecule has 0 atom stereocenters. The van der Waals surface area contributed by atoms with Gasteiger partial charge in [-0.15, -0.1) is 0 Å². The van der Waals surface area contributed by atoms with Crippen molar-refractivity contribution in [2.75, 3.05) is 0 Å². The average Bonchev–Trinajstić information content (AvgIpc) is 2.64. The molecule has 0 spiro atoms. The maximum atomic E-state index is 4.28. The number of nitrogens with zero attached hydrogens (tertiary/aromatic N) is 2. The number of aromatic nitrogens is 2. The van der Waals surface area contributed by atoms with Crippen molar-refractivity contribution in [2.24, 2.45) is 0 Å². The Kier molecular flexibility index (Phi) is 3.26. The lowest BCUT2D eigenvalue weighted by atomic mass is 10.2. The molecule has 0 saturated heterocycles. The summed E-state index contributed by atoms with van der Waals surface area (Å²) in [5, 5.41) is 5.14. The molecule has 1 aromatic carbocycles. The Labute approximate surface area is 106 Å². The van der Waals surface area contributed by atoms with Gasteiger partial charge in [0.15, 0.2) is 0 Å². The number of rotatable bonds is 2. The molecule has 0 aliphatic carbocycles. The van der Waals surface area contributed by atoms with Gasteiger partial charge in [-0.25, -0.2) is 4.68 Å². The van der Waals surface area contributed by atoms with E-state index in [4.69, 9.17) is 0 Å². The molecular formula is C11H10Br2N2. The fourth-order valence-electron chi connectivity index (χ4n) is 1.36. The summed E-state index contributed by atoms with van der Waals surface area (Å²) in [4.78, 5) is 0. The van der Waals surface area contributed by atoms with E-state index < -0.39 is 0 Å². The molecular weight excluding hydrogens is 320 g/mol. The summed E-state index contributed by atoms with van der Waals surface area (Å²) in [5.41, 5.74) is 3.47. The van der Waals surface area contributed by atoms with Crippen molar-refractivity contribution in [1.82, 2.24) is 9.78 Å². The van der Waals surface area contributed by atoms with E-state index >= 15 is 0 Å². The molecule has 2 nitrogen and oxygen atoms in total. The molecule has 2 aromatic rings. The van der Waals surface area contributed by atoms with Crippen molar-refractivity contribution in [1.29, 1.82) is 0 Å². The van der Waals surface area contributed by atoms with Crippen LogP contribution in [0, 0.1) is 6.92 Å². The summed E-state index contributed by atoms with van der Waals surface area (Å²) in [6, 6.07) is 6.25. The molecule has 0 bridgehead atoms. The van der Waals surface area contributed by atoms with Crippen LogP contribution in [0.25, 0.3) is 5.69 Å². The maximum absolute atomic E-state index is 4.28. The summed E-state index contributed by atoms with van der Waals surface area (Å²) in [6.07, 6.45) is 3.86. The molecule has 1 aromatic heterocycles. The number of alkyl halides is 1. The minimum atomic E-state index is 0.865. The molecule has 2 rings (SSSR count). The summed E-state index contributed by atoms with van der Waals surface area (Å²) in [5.74, 6) is 0. The highest BCUT2D eigenvalue weighted by molar-refractivity contribution is 9.10.